The van der Waals surface area contributed by atoms with Crippen LogP contribution in [-0.4, -0.2) is 27.8 Å². The summed E-state index contributed by atoms with van der Waals surface area (Å²) in [5.74, 6) is 1.01. The van der Waals surface area contributed by atoms with Crippen molar-refractivity contribution in [2.45, 2.75) is 25.1 Å². The van der Waals surface area contributed by atoms with Gasteiger partial charge >= 0.3 is 0 Å². The van der Waals surface area contributed by atoms with Crippen LogP contribution in [0.2, 0.25) is 0 Å². The molecule has 0 atom stereocenters. The zero-order chi connectivity index (χ0) is 19.4. The molecule has 0 radical (unpaired) electrons. The summed E-state index contributed by atoms with van der Waals surface area (Å²) in [6, 6.07) is 9.26. The molecule has 27 heavy (non-hydrogen) atoms. The van der Waals surface area contributed by atoms with Crippen molar-refractivity contribution in [3.8, 4) is 0 Å². The maximum absolute atomic E-state index is 12.3. The third-order valence-electron chi connectivity index (χ3n) is 3.66. The van der Waals surface area contributed by atoms with Crippen LogP contribution in [0.15, 0.2) is 39.1 Å². The minimum absolute atomic E-state index is 0.125. The summed E-state index contributed by atoms with van der Waals surface area (Å²) >= 11 is 2.49. The molecule has 1 aromatic carbocycles. The quantitative estimate of drug-likeness (QED) is 0.477. The average Bonchev–Trinajstić information content (AvgIpc) is 3.21. The molecule has 3 aromatic rings. The first kappa shape index (κ1) is 19.1. The van der Waals surface area contributed by atoms with E-state index in [1.165, 1.54) is 23.1 Å². The molecular formula is C18H18N4O3S2. The Morgan fingerprint density at radius 3 is 2.63 bits per heavy atom. The number of thioether (sulfide) groups is 1. The maximum atomic E-state index is 12.3. The van der Waals surface area contributed by atoms with Gasteiger partial charge in [0.15, 0.2) is 4.34 Å². The number of benzene rings is 1. The Morgan fingerprint density at radius 1 is 1.15 bits per heavy atom. The summed E-state index contributed by atoms with van der Waals surface area (Å²) in [6.45, 7) is 5.45. The van der Waals surface area contributed by atoms with E-state index in [1.807, 2.05) is 31.2 Å². The van der Waals surface area contributed by atoms with Crippen molar-refractivity contribution < 1.29 is 14.0 Å². The minimum atomic E-state index is -0.297. The molecule has 2 amide bonds. The van der Waals surface area contributed by atoms with E-state index in [9.17, 15) is 9.59 Å². The van der Waals surface area contributed by atoms with E-state index in [0.717, 1.165) is 11.3 Å². The summed E-state index contributed by atoms with van der Waals surface area (Å²) in [5, 5.41) is 13.9. The first-order chi connectivity index (χ1) is 12.9. The highest BCUT2D eigenvalue weighted by Crippen LogP contribution is 2.26. The van der Waals surface area contributed by atoms with Crippen LogP contribution in [0.1, 0.15) is 27.4 Å². The number of carbonyl (C=O) groups excluding carboxylic acids is 2. The topological polar surface area (TPSA) is 97.1 Å². The molecule has 2 aromatic heterocycles. The fourth-order valence-electron chi connectivity index (χ4n) is 2.37. The van der Waals surface area contributed by atoms with Gasteiger partial charge in [0.25, 0.3) is 5.91 Å². The second kappa shape index (κ2) is 8.36. The van der Waals surface area contributed by atoms with E-state index in [0.29, 0.717) is 26.6 Å². The van der Waals surface area contributed by atoms with E-state index >= 15 is 0 Å². The van der Waals surface area contributed by atoms with Gasteiger partial charge in [-0.3, -0.25) is 14.9 Å². The average molecular weight is 403 g/mol. The Kier molecular flexibility index (Phi) is 5.92. The normalized spacial score (nSPS) is 10.6. The van der Waals surface area contributed by atoms with Crippen LogP contribution < -0.4 is 10.6 Å². The molecule has 9 heteroatoms. The predicted octanol–water partition coefficient (Wildman–Crippen LogP) is 4.04. The number of nitrogens with one attached hydrogen (secondary N) is 2. The molecule has 140 valence electrons. The van der Waals surface area contributed by atoms with Crippen LogP contribution in [-0.2, 0) is 4.79 Å². The lowest BCUT2D eigenvalue weighted by atomic mass is 10.2. The molecule has 0 aliphatic rings. The third kappa shape index (κ3) is 4.95. The minimum Gasteiger partial charge on any atom is -0.466 e. The number of para-hydroxylation sites is 1. The van der Waals surface area contributed by atoms with Gasteiger partial charge in [-0.25, -0.2) is 0 Å². The summed E-state index contributed by atoms with van der Waals surface area (Å²) < 4.78 is 5.96. The first-order valence-corrected chi connectivity index (χ1v) is 9.93. The Labute approximate surface area is 164 Å². The zero-order valence-electron chi connectivity index (χ0n) is 15.0. The van der Waals surface area contributed by atoms with Gasteiger partial charge < -0.3 is 9.73 Å². The number of rotatable bonds is 6. The Hall–Kier alpha value is -2.65. The fourth-order valence-corrected chi connectivity index (χ4v) is 3.91. The molecule has 0 saturated heterocycles. The van der Waals surface area contributed by atoms with Gasteiger partial charge in [0, 0.05) is 5.69 Å². The lowest BCUT2D eigenvalue weighted by Crippen LogP contribution is -2.14. The highest BCUT2D eigenvalue weighted by molar-refractivity contribution is 8.01. The number of anilines is 2. The van der Waals surface area contributed by atoms with Crippen molar-refractivity contribution in [2.75, 3.05) is 16.4 Å². The number of hydrogen-bond acceptors (Lipinski definition) is 7. The zero-order valence-corrected chi connectivity index (χ0v) is 16.7. The molecule has 2 heterocycles. The molecule has 7 nitrogen and oxygen atoms in total. The van der Waals surface area contributed by atoms with Crippen molar-refractivity contribution in [1.82, 2.24) is 10.2 Å². The van der Waals surface area contributed by atoms with Gasteiger partial charge in [-0.2, -0.15) is 0 Å². The van der Waals surface area contributed by atoms with E-state index in [2.05, 4.69) is 20.8 Å². The highest BCUT2D eigenvalue weighted by atomic mass is 32.2. The van der Waals surface area contributed by atoms with Gasteiger partial charge in [0.2, 0.25) is 11.0 Å². The van der Waals surface area contributed by atoms with Crippen LogP contribution in [0, 0.1) is 20.8 Å². The fraction of sp³-hybridized carbons (Fsp3) is 0.222. The van der Waals surface area contributed by atoms with Crippen molar-refractivity contribution in [2.24, 2.45) is 0 Å². The smallest absolute Gasteiger partial charge is 0.261 e. The third-order valence-corrected chi connectivity index (χ3v) is 5.63. The van der Waals surface area contributed by atoms with Gasteiger partial charge in [-0.15, -0.1) is 10.2 Å². The highest BCUT2D eigenvalue weighted by Gasteiger charge is 2.16. The van der Waals surface area contributed by atoms with Crippen LogP contribution in [0.4, 0.5) is 10.8 Å². The van der Waals surface area contributed by atoms with Crippen LogP contribution in [0.25, 0.3) is 0 Å². The summed E-state index contributed by atoms with van der Waals surface area (Å²) in [5.41, 5.74) is 2.26. The van der Waals surface area contributed by atoms with E-state index in [-0.39, 0.29) is 17.6 Å². The predicted molar refractivity (Wildman–Crippen MR) is 107 cm³/mol. The number of aryl methyl sites for hydroxylation is 3. The van der Waals surface area contributed by atoms with Crippen LogP contribution >= 0.6 is 23.1 Å². The Balaban J connectivity index is 1.53. The second-order valence-corrected chi connectivity index (χ2v) is 8.01. The largest absolute Gasteiger partial charge is 0.466 e. The van der Waals surface area contributed by atoms with E-state index in [4.69, 9.17) is 4.42 Å². The van der Waals surface area contributed by atoms with Crippen molar-refractivity contribution in [3.05, 3.63) is 53.0 Å². The number of nitrogens with zero attached hydrogens (tertiary/aromatic N) is 2. The van der Waals surface area contributed by atoms with Gasteiger partial charge in [-0.05, 0) is 38.5 Å². The van der Waals surface area contributed by atoms with Crippen molar-refractivity contribution in [3.63, 3.8) is 0 Å². The van der Waals surface area contributed by atoms with Crippen molar-refractivity contribution >= 4 is 45.7 Å². The monoisotopic (exact) mass is 402 g/mol. The van der Waals surface area contributed by atoms with E-state index in [1.54, 1.807) is 19.9 Å². The molecular weight excluding hydrogens is 384 g/mol. The van der Waals surface area contributed by atoms with Crippen LogP contribution in [0.3, 0.4) is 0 Å². The Bertz CT molecular complexity index is 981. The molecule has 0 fully saturated rings. The number of amides is 2. The van der Waals surface area contributed by atoms with Gasteiger partial charge in [0.1, 0.15) is 11.5 Å². The molecule has 0 aliphatic carbocycles. The number of hydrogen-bond donors (Lipinski definition) is 2. The van der Waals surface area contributed by atoms with Crippen molar-refractivity contribution in [1.29, 1.82) is 0 Å². The lowest BCUT2D eigenvalue weighted by Gasteiger charge is -2.06. The number of furan rings is 1. The molecule has 0 aliphatic heterocycles. The first-order valence-electron chi connectivity index (χ1n) is 8.12. The molecule has 0 bridgehead atoms. The summed E-state index contributed by atoms with van der Waals surface area (Å²) in [7, 11) is 0. The molecule has 3 rings (SSSR count). The number of aromatic nitrogens is 2. The molecule has 2 N–H and O–H groups in total. The van der Waals surface area contributed by atoms with E-state index < -0.39 is 0 Å². The van der Waals surface area contributed by atoms with Gasteiger partial charge in [-0.1, -0.05) is 41.3 Å². The maximum Gasteiger partial charge on any atom is 0.261 e. The lowest BCUT2D eigenvalue weighted by molar-refractivity contribution is -0.113. The molecule has 0 unspecified atom stereocenters. The Morgan fingerprint density at radius 2 is 1.93 bits per heavy atom. The molecule has 0 spiro atoms. The standard InChI is InChI=1S/C18H18N4O3S2/c1-10-6-4-5-7-14(10)19-15(23)9-26-18-22-21-17(27-18)20-16(24)13-8-11(2)25-12(13)3/h4-8H,9H2,1-3H3,(H,19,23)(H,20,21,24). The summed E-state index contributed by atoms with van der Waals surface area (Å²) in [4.78, 5) is 24.3. The van der Waals surface area contributed by atoms with Gasteiger partial charge in [0.05, 0.1) is 11.3 Å². The number of carbonyl (C=O) groups is 2. The SMILES string of the molecule is Cc1cc(C(=O)Nc2nnc(SCC(=O)Nc3ccccc3C)s2)c(C)o1. The van der Waals surface area contributed by atoms with Crippen LogP contribution in [0.5, 0.6) is 0 Å². The summed E-state index contributed by atoms with van der Waals surface area (Å²) in [6.07, 6.45) is 0. The second-order valence-electron chi connectivity index (χ2n) is 5.81. The molecule has 0 saturated carbocycles.